The number of hydrogen-bond donors (Lipinski definition) is 2. The van der Waals surface area contributed by atoms with E-state index < -0.39 is 12.6 Å². The summed E-state index contributed by atoms with van der Waals surface area (Å²) in [5.74, 6) is 0.116. The van der Waals surface area contributed by atoms with E-state index in [0.717, 1.165) is 0 Å². The highest BCUT2D eigenvalue weighted by atomic mass is 19.4. The van der Waals surface area contributed by atoms with Gasteiger partial charge in [-0.2, -0.15) is 13.2 Å². The maximum atomic E-state index is 11.9. The summed E-state index contributed by atoms with van der Waals surface area (Å²) in [6.45, 7) is 5.79. The molecule has 2 N–H and O–H groups in total. The van der Waals surface area contributed by atoms with Crippen molar-refractivity contribution in [3.8, 4) is 0 Å². The molecule has 0 saturated carbocycles. The van der Waals surface area contributed by atoms with Crippen LogP contribution in [0.25, 0.3) is 0 Å². The summed E-state index contributed by atoms with van der Waals surface area (Å²) in [5, 5.41) is 12.1. The smallest absolute Gasteiger partial charge is 0.389 e. The fraction of sp³-hybridized carbons (Fsp3) is 1.00. The molecule has 0 saturated heterocycles. The van der Waals surface area contributed by atoms with Crippen LogP contribution in [0, 0.1) is 5.92 Å². The van der Waals surface area contributed by atoms with Crippen molar-refractivity contribution in [2.75, 3.05) is 6.61 Å². The Morgan fingerprint density at radius 3 is 2.19 bits per heavy atom. The summed E-state index contributed by atoms with van der Waals surface area (Å²) in [6.07, 6.45) is -4.12. The standard InChI is InChI=1S/C11H22F3NO/c1-8(7-16)10(3)15-9(2)5-4-6-11(12,13)14/h8-10,15-16H,4-7H2,1-3H3. The Morgan fingerprint density at radius 1 is 1.19 bits per heavy atom. The van der Waals surface area contributed by atoms with Gasteiger partial charge in [0.15, 0.2) is 0 Å². The van der Waals surface area contributed by atoms with E-state index in [-0.39, 0.29) is 31.0 Å². The maximum Gasteiger partial charge on any atom is 0.389 e. The number of aliphatic hydroxyl groups is 1. The van der Waals surface area contributed by atoms with Gasteiger partial charge in [-0.15, -0.1) is 0 Å². The van der Waals surface area contributed by atoms with Gasteiger partial charge >= 0.3 is 6.18 Å². The molecule has 0 aromatic rings. The molecule has 0 aromatic heterocycles. The number of alkyl halides is 3. The Balaban J connectivity index is 3.70. The molecule has 0 aliphatic heterocycles. The second-order valence-corrected chi connectivity index (χ2v) is 4.52. The van der Waals surface area contributed by atoms with Crippen LogP contribution in [0.1, 0.15) is 40.0 Å². The van der Waals surface area contributed by atoms with E-state index in [1.807, 2.05) is 20.8 Å². The first-order chi connectivity index (χ1) is 7.26. The Morgan fingerprint density at radius 2 is 1.75 bits per heavy atom. The predicted octanol–water partition coefficient (Wildman–Crippen LogP) is 2.71. The molecule has 0 radical (unpaired) electrons. The lowest BCUT2D eigenvalue weighted by atomic mass is 10.0. The van der Waals surface area contributed by atoms with Crippen LogP contribution in [0.5, 0.6) is 0 Å². The third-order valence-corrected chi connectivity index (χ3v) is 2.79. The zero-order valence-corrected chi connectivity index (χ0v) is 10.1. The maximum absolute atomic E-state index is 11.9. The molecule has 0 aliphatic rings. The van der Waals surface area contributed by atoms with Crippen LogP contribution in [0.4, 0.5) is 13.2 Å². The highest BCUT2D eigenvalue weighted by Gasteiger charge is 2.26. The molecule has 3 atom stereocenters. The van der Waals surface area contributed by atoms with E-state index in [0.29, 0.717) is 6.42 Å². The first-order valence-electron chi connectivity index (χ1n) is 5.70. The Kier molecular flexibility index (Phi) is 6.99. The molecule has 2 nitrogen and oxygen atoms in total. The minimum Gasteiger partial charge on any atom is -0.396 e. The van der Waals surface area contributed by atoms with Crippen LogP contribution in [0.2, 0.25) is 0 Å². The van der Waals surface area contributed by atoms with Crippen LogP contribution < -0.4 is 5.32 Å². The number of hydrogen-bond acceptors (Lipinski definition) is 2. The summed E-state index contributed by atoms with van der Waals surface area (Å²) in [7, 11) is 0. The van der Waals surface area contributed by atoms with Crippen molar-refractivity contribution in [2.24, 2.45) is 5.92 Å². The van der Waals surface area contributed by atoms with Crippen molar-refractivity contribution in [2.45, 2.75) is 58.3 Å². The highest BCUT2D eigenvalue weighted by molar-refractivity contribution is 4.72. The summed E-state index contributed by atoms with van der Waals surface area (Å²) in [6, 6.07) is 0.164. The second kappa shape index (κ2) is 7.12. The number of rotatable bonds is 7. The van der Waals surface area contributed by atoms with E-state index >= 15 is 0 Å². The molecule has 98 valence electrons. The van der Waals surface area contributed by atoms with E-state index in [1.54, 1.807) is 0 Å². The van der Waals surface area contributed by atoms with Crippen molar-refractivity contribution >= 4 is 0 Å². The Hall–Kier alpha value is -0.290. The number of aliphatic hydroxyl groups excluding tert-OH is 1. The fourth-order valence-electron chi connectivity index (χ4n) is 1.46. The zero-order valence-electron chi connectivity index (χ0n) is 10.1. The van der Waals surface area contributed by atoms with Gasteiger partial charge in [0, 0.05) is 25.1 Å². The normalized spacial score (nSPS) is 18.2. The average molecular weight is 241 g/mol. The third kappa shape index (κ3) is 7.93. The third-order valence-electron chi connectivity index (χ3n) is 2.79. The molecule has 0 heterocycles. The monoisotopic (exact) mass is 241 g/mol. The molecular formula is C11H22F3NO. The minimum atomic E-state index is -4.05. The minimum absolute atomic E-state index is 0.0475. The van der Waals surface area contributed by atoms with Crippen molar-refractivity contribution in [3.05, 3.63) is 0 Å². The molecule has 3 unspecified atom stereocenters. The summed E-state index contributed by atoms with van der Waals surface area (Å²) >= 11 is 0. The van der Waals surface area contributed by atoms with Crippen LogP contribution >= 0.6 is 0 Å². The van der Waals surface area contributed by atoms with Crippen molar-refractivity contribution in [1.29, 1.82) is 0 Å². The quantitative estimate of drug-likeness (QED) is 0.718. The van der Waals surface area contributed by atoms with Gasteiger partial charge in [-0.05, 0) is 32.6 Å². The summed E-state index contributed by atoms with van der Waals surface area (Å²) in [4.78, 5) is 0. The van der Waals surface area contributed by atoms with E-state index in [4.69, 9.17) is 5.11 Å². The number of nitrogens with one attached hydrogen (secondary N) is 1. The van der Waals surface area contributed by atoms with Gasteiger partial charge in [0.25, 0.3) is 0 Å². The SMILES string of the molecule is CC(CCCC(F)(F)F)NC(C)C(C)CO. The lowest BCUT2D eigenvalue weighted by molar-refractivity contribution is -0.135. The lowest BCUT2D eigenvalue weighted by Crippen LogP contribution is -2.39. The molecule has 0 aliphatic carbocycles. The van der Waals surface area contributed by atoms with Crippen LogP contribution in [0.15, 0.2) is 0 Å². The first kappa shape index (κ1) is 15.7. The van der Waals surface area contributed by atoms with Gasteiger partial charge in [-0.1, -0.05) is 6.92 Å². The van der Waals surface area contributed by atoms with Gasteiger partial charge in [0.2, 0.25) is 0 Å². The number of halogens is 3. The molecule has 0 spiro atoms. The Bertz CT molecular complexity index is 185. The zero-order chi connectivity index (χ0) is 12.8. The van der Waals surface area contributed by atoms with E-state index in [1.165, 1.54) is 0 Å². The van der Waals surface area contributed by atoms with Crippen LogP contribution in [-0.4, -0.2) is 30.0 Å². The Labute approximate surface area is 95.2 Å². The van der Waals surface area contributed by atoms with Crippen molar-refractivity contribution in [1.82, 2.24) is 5.32 Å². The van der Waals surface area contributed by atoms with Gasteiger partial charge in [0.1, 0.15) is 0 Å². The summed E-state index contributed by atoms with van der Waals surface area (Å²) in [5.41, 5.74) is 0. The highest BCUT2D eigenvalue weighted by Crippen LogP contribution is 2.22. The molecule has 0 rings (SSSR count). The molecule has 0 fully saturated rings. The molecule has 0 bridgehead atoms. The van der Waals surface area contributed by atoms with E-state index in [2.05, 4.69) is 5.32 Å². The molecule has 0 aromatic carbocycles. The van der Waals surface area contributed by atoms with E-state index in [9.17, 15) is 13.2 Å². The predicted molar refractivity (Wildman–Crippen MR) is 58.2 cm³/mol. The fourth-order valence-corrected chi connectivity index (χ4v) is 1.46. The van der Waals surface area contributed by atoms with Crippen LogP contribution in [-0.2, 0) is 0 Å². The van der Waals surface area contributed by atoms with Gasteiger partial charge in [-0.3, -0.25) is 0 Å². The van der Waals surface area contributed by atoms with Crippen molar-refractivity contribution < 1.29 is 18.3 Å². The average Bonchev–Trinajstić information content (AvgIpc) is 2.14. The molecule has 16 heavy (non-hydrogen) atoms. The second-order valence-electron chi connectivity index (χ2n) is 4.52. The van der Waals surface area contributed by atoms with Gasteiger partial charge < -0.3 is 10.4 Å². The molecule has 5 heteroatoms. The van der Waals surface area contributed by atoms with Crippen molar-refractivity contribution in [3.63, 3.8) is 0 Å². The van der Waals surface area contributed by atoms with Crippen LogP contribution in [0.3, 0.4) is 0 Å². The topological polar surface area (TPSA) is 32.3 Å². The molecule has 0 amide bonds. The largest absolute Gasteiger partial charge is 0.396 e. The molecular weight excluding hydrogens is 219 g/mol. The lowest BCUT2D eigenvalue weighted by Gasteiger charge is -2.24. The first-order valence-corrected chi connectivity index (χ1v) is 5.70. The van der Waals surface area contributed by atoms with Gasteiger partial charge in [0.05, 0.1) is 0 Å². The van der Waals surface area contributed by atoms with Gasteiger partial charge in [-0.25, -0.2) is 0 Å². The summed E-state index contributed by atoms with van der Waals surface area (Å²) < 4.78 is 35.7.